The van der Waals surface area contributed by atoms with E-state index in [0.717, 1.165) is 12.8 Å². The molecule has 2 atom stereocenters. The normalized spacial score (nSPS) is 19.3. The minimum absolute atomic E-state index is 0.0110. The predicted octanol–water partition coefficient (Wildman–Crippen LogP) is 1.29. The Labute approximate surface area is 137 Å². The number of rotatable bonds is 7. The lowest BCUT2D eigenvalue weighted by Gasteiger charge is -2.16. The van der Waals surface area contributed by atoms with Crippen molar-refractivity contribution in [2.24, 2.45) is 0 Å². The molecule has 0 spiro atoms. The summed E-state index contributed by atoms with van der Waals surface area (Å²) in [5, 5.41) is 1.55. The van der Waals surface area contributed by atoms with Crippen LogP contribution in [0.3, 0.4) is 0 Å². The fourth-order valence-electron chi connectivity index (χ4n) is 2.49. The summed E-state index contributed by atoms with van der Waals surface area (Å²) < 4.78 is 35.5. The lowest BCUT2D eigenvalue weighted by molar-refractivity contribution is -0.120. The average molecular weight is 341 g/mol. The number of amides is 1. The molecule has 0 bridgehead atoms. The van der Waals surface area contributed by atoms with Crippen LogP contribution in [0, 0.1) is 0 Å². The Morgan fingerprint density at radius 1 is 1.43 bits per heavy atom. The van der Waals surface area contributed by atoms with Crippen LogP contribution in [0.15, 0.2) is 24.3 Å². The molecule has 6 nitrogen and oxygen atoms in total. The second-order valence-electron chi connectivity index (χ2n) is 5.64. The Morgan fingerprint density at radius 2 is 2.17 bits per heavy atom. The van der Waals surface area contributed by atoms with Crippen LogP contribution in [0.2, 0.25) is 0 Å². The van der Waals surface area contributed by atoms with E-state index in [0.29, 0.717) is 24.5 Å². The zero-order valence-electron chi connectivity index (χ0n) is 13.4. The molecular weight excluding hydrogens is 318 g/mol. The van der Waals surface area contributed by atoms with Crippen LogP contribution in [0.1, 0.15) is 25.3 Å². The van der Waals surface area contributed by atoms with Crippen molar-refractivity contribution in [2.75, 3.05) is 20.3 Å². The molecule has 1 aliphatic heterocycles. The minimum Gasteiger partial charge on any atom is -0.496 e. The highest BCUT2D eigenvalue weighted by Crippen LogP contribution is 2.21. The lowest BCUT2D eigenvalue weighted by Crippen LogP contribution is -2.41. The summed E-state index contributed by atoms with van der Waals surface area (Å²) in [4.78, 5) is 12.1. The fraction of sp³-hybridized carbons (Fsp3) is 0.562. The van der Waals surface area contributed by atoms with Crippen molar-refractivity contribution < 1.29 is 22.7 Å². The molecule has 1 aliphatic rings. The molecule has 1 aromatic rings. The van der Waals surface area contributed by atoms with Crippen molar-refractivity contribution in [1.29, 1.82) is 0 Å². The summed E-state index contributed by atoms with van der Waals surface area (Å²) in [6.45, 7) is 2.46. The first kappa shape index (κ1) is 17.7. The van der Waals surface area contributed by atoms with Crippen molar-refractivity contribution in [1.82, 2.24) is 5.32 Å². The first-order valence-electron chi connectivity index (χ1n) is 7.67. The molecule has 1 heterocycles. The maximum atomic E-state index is 12.5. The zero-order valence-corrected chi connectivity index (χ0v) is 14.3. The Bertz CT molecular complexity index is 638. The van der Waals surface area contributed by atoms with Crippen molar-refractivity contribution in [3.8, 4) is 5.75 Å². The number of carbonyl (C=O) groups excluding carboxylic acids is 1. The number of para-hydroxylation sites is 1. The topological polar surface area (TPSA) is 81.7 Å². The van der Waals surface area contributed by atoms with Crippen LogP contribution in [0.5, 0.6) is 5.75 Å². The van der Waals surface area contributed by atoms with Crippen molar-refractivity contribution >= 4 is 15.7 Å². The van der Waals surface area contributed by atoms with Gasteiger partial charge in [-0.15, -0.1) is 0 Å². The van der Waals surface area contributed by atoms with Crippen LogP contribution in [0.4, 0.5) is 0 Å². The average Bonchev–Trinajstić information content (AvgIpc) is 3.05. The molecule has 1 aromatic carbocycles. The van der Waals surface area contributed by atoms with E-state index in [1.807, 2.05) is 0 Å². The van der Waals surface area contributed by atoms with Gasteiger partial charge in [-0.1, -0.05) is 18.2 Å². The number of benzene rings is 1. The van der Waals surface area contributed by atoms with Gasteiger partial charge in [-0.2, -0.15) is 0 Å². The molecule has 0 radical (unpaired) electrons. The Morgan fingerprint density at radius 3 is 2.83 bits per heavy atom. The van der Waals surface area contributed by atoms with Gasteiger partial charge in [0, 0.05) is 18.7 Å². The molecule has 0 aliphatic carbocycles. The van der Waals surface area contributed by atoms with Gasteiger partial charge in [-0.3, -0.25) is 4.79 Å². The third kappa shape index (κ3) is 4.68. The quantitative estimate of drug-likeness (QED) is 0.808. The highest BCUT2D eigenvalue weighted by atomic mass is 32.2. The molecular formula is C16H23NO5S. The second kappa shape index (κ2) is 7.79. The van der Waals surface area contributed by atoms with Gasteiger partial charge in [0.25, 0.3) is 0 Å². The molecule has 1 amide bonds. The van der Waals surface area contributed by atoms with Crippen molar-refractivity contribution in [3.63, 3.8) is 0 Å². The maximum Gasteiger partial charge on any atom is 0.238 e. The van der Waals surface area contributed by atoms with Crippen molar-refractivity contribution in [2.45, 2.75) is 36.9 Å². The SMILES string of the molecule is COc1ccccc1CS(=O)(=O)[C@@H](C)C(=O)NC[C@@H]1CCCO1. The number of methoxy groups -OCH3 is 1. The van der Waals surface area contributed by atoms with E-state index in [-0.39, 0.29) is 11.9 Å². The van der Waals surface area contributed by atoms with E-state index in [1.165, 1.54) is 14.0 Å². The Kier molecular flexibility index (Phi) is 6.01. The molecule has 1 saturated heterocycles. The van der Waals surface area contributed by atoms with E-state index in [1.54, 1.807) is 24.3 Å². The molecule has 2 rings (SSSR count). The Hall–Kier alpha value is -1.60. The monoisotopic (exact) mass is 341 g/mol. The molecule has 1 fully saturated rings. The summed E-state index contributed by atoms with van der Waals surface area (Å²) in [7, 11) is -2.13. The zero-order chi connectivity index (χ0) is 16.9. The van der Waals surface area contributed by atoms with Gasteiger partial charge in [-0.05, 0) is 25.8 Å². The van der Waals surface area contributed by atoms with Crippen LogP contribution in [0.25, 0.3) is 0 Å². The fourth-order valence-corrected chi connectivity index (χ4v) is 3.82. The summed E-state index contributed by atoms with van der Waals surface area (Å²) in [5.74, 6) is -0.218. The highest BCUT2D eigenvalue weighted by Gasteiger charge is 2.29. The molecule has 0 saturated carbocycles. The minimum atomic E-state index is -3.62. The number of nitrogens with one attached hydrogen (secondary N) is 1. The molecule has 0 unspecified atom stereocenters. The molecule has 23 heavy (non-hydrogen) atoms. The van der Waals surface area contributed by atoms with Gasteiger partial charge in [0.2, 0.25) is 5.91 Å². The molecule has 0 aromatic heterocycles. The van der Waals surface area contributed by atoms with Crippen LogP contribution in [-0.4, -0.2) is 45.9 Å². The van der Waals surface area contributed by atoms with E-state index in [2.05, 4.69) is 5.32 Å². The number of sulfone groups is 1. The highest BCUT2D eigenvalue weighted by molar-refractivity contribution is 7.92. The summed E-state index contributed by atoms with van der Waals surface area (Å²) in [6, 6.07) is 6.91. The summed E-state index contributed by atoms with van der Waals surface area (Å²) in [5.41, 5.74) is 0.550. The number of hydrogen-bond acceptors (Lipinski definition) is 5. The van der Waals surface area contributed by atoms with E-state index in [9.17, 15) is 13.2 Å². The lowest BCUT2D eigenvalue weighted by atomic mass is 10.2. The van der Waals surface area contributed by atoms with Gasteiger partial charge < -0.3 is 14.8 Å². The molecule has 128 valence electrons. The van der Waals surface area contributed by atoms with Gasteiger partial charge in [0.1, 0.15) is 11.0 Å². The van der Waals surface area contributed by atoms with E-state index >= 15 is 0 Å². The van der Waals surface area contributed by atoms with E-state index in [4.69, 9.17) is 9.47 Å². The molecule has 1 N–H and O–H groups in total. The Balaban J connectivity index is 1.98. The van der Waals surface area contributed by atoms with Gasteiger partial charge in [0.15, 0.2) is 9.84 Å². The standard InChI is InChI=1S/C16H23NO5S/c1-12(16(18)17-10-14-7-5-9-22-14)23(19,20)11-13-6-3-4-8-15(13)21-2/h3-4,6,8,12,14H,5,7,9-11H2,1-2H3,(H,17,18)/t12-,14-/m0/s1. The number of hydrogen-bond donors (Lipinski definition) is 1. The maximum absolute atomic E-state index is 12.5. The molecule has 7 heteroatoms. The van der Waals surface area contributed by atoms with Crippen LogP contribution >= 0.6 is 0 Å². The van der Waals surface area contributed by atoms with Crippen LogP contribution in [-0.2, 0) is 25.1 Å². The van der Waals surface area contributed by atoms with Crippen molar-refractivity contribution in [3.05, 3.63) is 29.8 Å². The number of ether oxygens (including phenoxy) is 2. The summed E-state index contributed by atoms with van der Waals surface area (Å²) in [6.07, 6.45) is 1.85. The van der Waals surface area contributed by atoms with Crippen LogP contribution < -0.4 is 10.1 Å². The second-order valence-corrected chi connectivity index (χ2v) is 7.96. The van der Waals surface area contributed by atoms with Gasteiger partial charge >= 0.3 is 0 Å². The van der Waals surface area contributed by atoms with Gasteiger partial charge in [0.05, 0.1) is 19.0 Å². The smallest absolute Gasteiger partial charge is 0.238 e. The summed E-state index contributed by atoms with van der Waals surface area (Å²) >= 11 is 0. The largest absolute Gasteiger partial charge is 0.496 e. The third-order valence-corrected chi connectivity index (χ3v) is 5.99. The first-order chi connectivity index (χ1) is 10.9. The number of carbonyl (C=O) groups is 1. The third-order valence-electron chi connectivity index (χ3n) is 3.99. The van der Waals surface area contributed by atoms with Gasteiger partial charge in [-0.25, -0.2) is 8.42 Å². The first-order valence-corrected chi connectivity index (χ1v) is 9.38. The van der Waals surface area contributed by atoms with E-state index < -0.39 is 21.0 Å². The predicted molar refractivity (Wildman–Crippen MR) is 87.1 cm³/mol.